The van der Waals surface area contributed by atoms with E-state index in [1.54, 1.807) is 0 Å². The third-order valence-corrected chi connectivity index (χ3v) is 3.92. The number of benzene rings is 2. The minimum atomic E-state index is 0.0356. The van der Waals surface area contributed by atoms with Gasteiger partial charge in [0.25, 0.3) is 5.91 Å². The zero-order chi connectivity index (χ0) is 14.5. The van der Waals surface area contributed by atoms with E-state index in [1.807, 2.05) is 42.5 Å². The molecule has 2 N–H and O–H groups in total. The number of hydrogen-bond acceptors (Lipinski definition) is 2. The maximum Gasteiger partial charge on any atom is 0.251 e. The fourth-order valence-electron chi connectivity index (χ4n) is 2.54. The van der Waals surface area contributed by atoms with Crippen molar-refractivity contribution in [2.75, 3.05) is 19.6 Å². The molecule has 1 fully saturated rings. The van der Waals surface area contributed by atoms with Crippen molar-refractivity contribution in [3.63, 3.8) is 0 Å². The molecule has 3 nitrogen and oxygen atoms in total. The molecule has 1 aliphatic rings. The summed E-state index contributed by atoms with van der Waals surface area (Å²) in [5.41, 5.74) is 3.09. The second-order valence-electron chi connectivity index (χ2n) is 5.55. The van der Waals surface area contributed by atoms with Gasteiger partial charge in [-0.2, -0.15) is 0 Å². The molecule has 3 rings (SSSR count). The standard InChI is InChI=1S/C18H20N2O/c21-18(20-13-15-11-19-12-15)17-9-5-4-8-16(17)10-14-6-2-1-3-7-14/h1-9,15,19H,10-13H2,(H,20,21). The van der Waals surface area contributed by atoms with Crippen molar-refractivity contribution in [3.8, 4) is 0 Å². The first kappa shape index (κ1) is 13.8. The Kier molecular flexibility index (Phi) is 4.31. The van der Waals surface area contributed by atoms with E-state index in [4.69, 9.17) is 0 Å². The summed E-state index contributed by atoms with van der Waals surface area (Å²) >= 11 is 0. The van der Waals surface area contributed by atoms with Crippen LogP contribution in [0.4, 0.5) is 0 Å². The summed E-state index contributed by atoms with van der Waals surface area (Å²) in [4.78, 5) is 12.4. The Morgan fingerprint density at radius 1 is 1.05 bits per heavy atom. The van der Waals surface area contributed by atoms with Crippen LogP contribution in [0.25, 0.3) is 0 Å². The van der Waals surface area contributed by atoms with Gasteiger partial charge in [0.05, 0.1) is 0 Å². The molecule has 0 aliphatic carbocycles. The Morgan fingerprint density at radius 2 is 1.76 bits per heavy atom. The molecule has 108 valence electrons. The van der Waals surface area contributed by atoms with Crippen molar-refractivity contribution < 1.29 is 4.79 Å². The van der Waals surface area contributed by atoms with Gasteiger partial charge in [-0.1, -0.05) is 48.5 Å². The van der Waals surface area contributed by atoms with Gasteiger partial charge in [0.15, 0.2) is 0 Å². The van der Waals surface area contributed by atoms with Crippen molar-refractivity contribution in [2.45, 2.75) is 6.42 Å². The average molecular weight is 280 g/mol. The van der Waals surface area contributed by atoms with Crippen LogP contribution in [0.5, 0.6) is 0 Å². The monoisotopic (exact) mass is 280 g/mol. The van der Waals surface area contributed by atoms with E-state index in [0.717, 1.165) is 37.2 Å². The van der Waals surface area contributed by atoms with Crippen LogP contribution in [0.1, 0.15) is 21.5 Å². The Morgan fingerprint density at radius 3 is 2.48 bits per heavy atom. The van der Waals surface area contributed by atoms with Crippen molar-refractivity contribution in [2.24, 2.45) is 5.92 Å². The van der Waals surface area contributed by atoms with Crippen LogP contribution in [0.15, 0.2) is 54.6 Å². The Bertz CT molecular complexity index is 606. The SMILES string of the molecule is O=C(NCC1CNC1)c1ccccc1Cc1ccccc1. The molecule has 1 saturated heterocycles. The van der Waals surface area contributed by atoms with Gasteiger partial charge >= 0.3 is 0 Å². The van der Waals surface area contributed by atoms with Gasteiger partial charge in [-0.25, -0.2) is 0 Å². The molecule has 0 saturated carbocycles. The highest BCUT2D eigenvalue weighted by Crippen LogP contribution is 2.14. The molecule has 21 heavy (non-hydrogen) atoms. The van der Waals surface area contributed by atoms with Crippen LogP contribution in [-0.2, 0) is 6.42 Å². The van der Waals surface area contributed by atoms with Gasteiger partial charge in [-0.15, -0.1) is 0 Å². The molecule has 3 heteroatoms. The predicted octanol–water partition coefficient (Wildman–Crippen LogP) is 2.23. The molecule has 2 aromatic rings. The molecule has 0 atom stereocenters. The molecular weight excluding hydrogens is 260 g/mol. The summed E-state index contributed by atoms with van der Waals surface area (Å²) in [6.45, 7) is 2.77. The Hall–Kier alpha value is -2.13. The minimum absolute atomic E-state index is 0.0356. The Balaban J connectivity index is 1.70. The van der Waals surface area contributed by atoms with Gasteiger partial charge in [0.1, 0.15) is 0 Å². The van der Waals surface area contributed by atoms with E-state index in [1.165, 1.54) is 5.56 Å². The summed E-state index contributed by atoms with van der Waals surface area (Å²) in [5, 5.41) is 6.27. The second-order valence-corrected chi connectivity index (χ2v) is 5.55. The lowest BCUT2D eigenvalue weighted by Crippen LogP contribution is -2.48. The lowest BCUT2D eigenvalue weighted by molar-refractivity contribution is 0.0941. The summed E-state index contributed by atoms with van der Waals surface area (Å²) in [7, 11) is 0. The second kappa shape index (κ2) is 6.55. The van der Waals surface area contributed by atoms with Crippen LogP contribution >= 0.6 is 0 Å². The molecule has 0 bridgehead atoms. The van der Waals surface area contributed by atoms with E-state index >= 15 is 0 Å². The number of carbonyl (C=O) groups is 1. The molecule has 0 unspecified atom stereocenters. The van der Waals surface area contributed by atoms with Crippen molar-refractivity contribution in [3.05, 3.63) is 71.3 Å². The summed E-state index contributed by atoms with van der Waals surface area (Å²) in [5.74, 6) is 0.615. The smallest absolute Gasteiger partial charge is 0.251 e. The molecule has 0 radical (unpaired) electrons. The first-order chi connectivity index (χ1) is 10.3. The van der Waals surface area contributed by atoms with Gasteiger partial charge in [-0.3, -0.25) is 4.79 Å². The normalized spacial score (nSPS) is 14.5. The van der Waals surface area contributed by atoms with Gasteiger partial charge in [-0.05, 0) is 23.6 Å². The summed E-state index contributed by atoms with van der Waals surface area (Å²) < 4.78 is 0. The van der Waals surface area contributed by atoms with Crippen molar-refractivity contribution in [1.29, 1.82) is 0 Å². The number of amides is 1. The highest BCUT2D eigenvalue weighted by atomic mass is 16.1. The third-order valence-electron chi connectivity index (χ3n) is 3.92. The van der Waals surface area contributed by atoms with Gasteiger partial charge < -0.3 is 10.6 Å². The highest BCUT2D eigenvalue weighted by Gasteiger charge is 2.18. The predicted molar refractivity (Wildman–Crippen MR) is 84.4 cm³/mol. The highest BCUT2D eigenvalue weighted by molar-refractivity contribution is 5.95. The van der Waals surface area contributed by atoms with Crippen LogP contribution in [0.3, 0.4) is 0 Å². The zero-order valence-electron chi connectivity index (χ0n) is 12.0. The molecule has 1 amide bonds. The average Bonchev–Trinajstić information content (AvgIpc) is 2.47. The maximum atomic E-state index is 12.4. The lowest BCUT2D eigenvalue weighted by atomic mass is 9.98. The number of rotatable bonds is 5. The fourth-order valence-corrected chi connectivity index (χ4v) is 2.54. The van der Waals surface area contributed by atoms with Crippen molar-refractivity contribution in [1.82, 2.24) is 10.6 Å². The zero-order valence-corrected chi connectivity index (χ0v) is 12.0. The first-order valence-electron chi connectivity index (χ1n) is 7.43. The molecular formula is C18H20N2O. The lowest BCUT2D eigenvalue weighted by Gasteiger charge is -2.27. The molecule has 0 spiro atoms. The maximum absolute atomic E-state index is 12.4. The van der Waals surface area contributed by atoms with E-state index < -0.39 is 0 Å². The van der Waals surface area contributed by atoms with Crippen molar-refractivity contribution >= 4 is 5.91 Å². The minimum Gasteiger partial charge on any atom is -0.352 e. The number of carbonyl (C=O) groups excluding carboxylic acids is 1. The molecule has 0 aromatic heterocycles. The summed E-state index contributed by atoms with van der Waals surface area (Å²) in [6.07, 6.45) is 0.787. The van der Waals surface area contributed by atoms with Crippen LogP contribution in [0, 0.1) is 5.92 Å². The summed E-state index contributed by atoms with van der Waals surface area (Å²) in [6, 6.07) is 18.1. The van der Waals surface area contributed by atoms with Gasteiger partial charge in [0.2, 0.25) is 0 Å². The van der Waals surface area contributed by atoms with Crippen LogP contribution in [0.2, 0.25) is 0 Å². The fraction of sp³-hybridized carbons (Fsp3) is 0.278. The molecule has 2 aromatic carbocycles. The van der Waals surface area contributed by atoms with E-state index in [9.17, 15) is 4.79 Å². The van der Waals surface area contributed by atoms with Crippen LogP contribution in [-0.4, -0.2) is 25.5 Å². The number of hydrogen-bond donors (Lipinski definition) is 2. The molecule has 1 heterocycles. The topological polar surface area (TPSA) is 41.1 Å². The van der Waals surface area contributed by atoms with Gasteiger partial charge in [0, 0.05) is 31.1 Å². The number of nitrogens with one attached hydrogen (secondary N) is 2. The largest absolute Gasteiger partial charge is 0.352 e. The third kappa shape index (κ3) is 3.50. The van der Waals surface area contributed by atoms with E-state index in [2.05, 4.69) is 22.8 Å². The van der Waals surface area contributed by atoms with E-state index in [0.29, 0.717) is 5.92 Å². The Labute approximate surface area is 125 Å². The van der Waals surface area contributed by atoms with E-state index in [-0.39, 0.29) is 5.91 Å². The first-order valence-corrected chi connectivity index (χ1v) is 7.43. The van der Waals surface area contributed by atoms with Crippen LogP contribution < -0.4 is 10.6 Å². The molecule has 1 aliphatic heterocycles. The quantitative estimate of drug-likeness (QED) is 0.882.